The molecule has 0 spiro atoms. The van der Waals surface area contributed by atoms with Gasteiger partial charge in [-0.3, -0.25) is 0 Å². The SMILES string of the molecule is COc1cc(C(OC2OC(CO)C(O)C(O)C2O)C(CO)Oc2ccc(C=CCO)cc2OC)ccc1O. The smallest absolute Gasteiger partial charge is 0.187 e. The van der Waals surface area contributed by atoms with Crippen LogP contribution in [-0.2, 0) is 9.47 Å². The summed E-state index contributed by atoms with van der Waals surface area (Å²) in [5.41, 5.74) is 1.07. The molecule has 0 radical (unpaired) electrons. The van der Waals surface area contributed by atoms with Crippen LogP contribution in [0.2, 0.25) is 0 Å². The molecule has 0 bridgehead atoms. The summed E-state index contributed by atoms with van der Waals surface area (Å²) >= 11 is 0. The number of aliphatic hydroxyl groups excluding tert-OH is 6. The van der Waals surface area contributed by atoms with Gasteiger partial charge in [0.25, 0.3) is 0 Å². The normalized spacial score (nSPS) is 25.2. The lowest BCUT2D eigenvalue weighted by Gasteiger charge is -2.41. The first-order valence-corrected chi connectivity index (χ1v) is 11.8. The lowest BCUT2D eigenvalue weighted by Crippen LogP contribution is -2.59. The number of phenols is 1. The van der Waals surface area contributed by atoms with Crippen molar-refractivity contribution in [1.82, 2.24) is 0 Å². The molecule has 1 heterocycles. The minimum Gasteiger partial charge on any atom is -0.504 e. The number of methoxy groups -OCH3 is 2. The molecule has 210 valence electrons. The maximum absolute atomic E-state index is 10.5. The Bertz CT molecular complexity index is 1060. The molecular weight excluding hydrogens is 504 g/mol. The van der Waals surface area contributed by atoms with Crippen molar-refractivity contribution < 1.29 is 59.4 Å². The number of ether oxygens (including phenoxy) is 5. The summed E-state index contributed by atoms with van der Waals surface area (Å²) in [7, 11) is 2.78. The Hall–Kier alpha value is -2.94. The lowest BCUT2D eigenvalue weighted by atomic mass is 9.98. The molecule has 0 aromatic heterocycles. The summed E-state index contributed by atoms with van der Waals surface area (Å²) in [6.07, 6.45) is -6.84. The van der Waals surface area contributed by atoms with Crippen molar-refractivity contribution in [2.24, 2.45) is 0 Å². The third-order valence-corrected chi connectivity index (χ3v) is 6.06. The molecule has 0 saturated carbocycles. The van der Waals surface area contributed by atoms with Crippen molar-refractivity contribution >= 4 is 6.08 Å². The molecule has 1 fully saturated rings. The Kier molecular flexibility index (Phi) is 10.7. The van der Waals surface area contributed by atoms with Gasteiger partial charge in [-0.25, -0.2) is 0 Å². The monoisotopic (exact) mass is 538 g/mol. The van der Waals surface area contributed by atoms with Crippen molar-refractivity contribution in [3.63, 3.8) is 0 Å². The number of rotatable bonds is 12. The van der Waals surface area contributed by atoms with E-state index in [4.69, 9.17) is 28.8 Å². The van der Waals surface area contributed by atoms with Gasteiger partial charge < -0.3 is 59.4 Å². The molecule has 0 amide bonds. The van der Waals surface area contributed by atoms with Gasteiger partial charge in [-0.15, -0.1) is 0 Å². The second-order valence-electron chi connectivity index (χ2n) is 8.52. The van der Waals surface area contributed by atoms with Crippen molar-refractivity contribution in [3.8, 4) is 23.0 Å². The van der Waals surface area contributed by atoms with Crippen molar-refractivity contribution in [1.29, 1.82) is 0 Å². The van der Waals surface area contributed by atoms with Crippen molar-refractivity contribution in [2.75, 3.05) is 34.0 Å². The first kappa shape index (κ1) is 29.6. The molecule has 12 nitrogen and oxygen atoms in total. The predicted octanol–water partition coefficient (Wildman–Crippen LogP) is -0.288. The molecule has 7 N–H and O–H groups in total. The molecular formula is C26H34O12. The zero-order valence-corrected chi connectivity index (χ0v) is 21.0. The van der Waals surface area contributed by atoms with Gasteiger partial charge >= 0.3 is 0 Å². The first-order chi connectivity index (χ1) is 18.3. The molecule has 12 heteroatoms. The molecule has 1 aliphatic heterocycles. The highest BCUT2D eigenvalue weighted by atomic mass is 16.7. The second kappa shape index (κ2) is 13.7. The highest BCUT2D eigenvalue weighted by molar-refractivity contribution is 5.56. The van der Waals surface area contributed by atoms with Crippen molar-refractivity contribution in [2.45, 2.75) is 42.9 Å². The fourth-order valence-electron chi connectivity index (χ4n) is 4.01. The van der Waals surface area contributed by atoms with Crippen LogP contribution >= 0.6 is 0 Å². The summed E-state index contributed by atoms with van der Waals surface area (Å²) in [6, 6.07) is 9.23. The lowest BCUT2D eigenvalue weighted by molar-refractivity contribution is -0.318. The van der Waals surface area contributed by atoms with Crippen LogP contribution in [0.4, 0.5) is 0 Å². The van der Waals surface area contributed by atoms with E-state index in [1.807, 2.05) is 0 Å². The van der Waals surface area contributed by atoms with Gasteiger partial charge in [-0.2, -0.15) is 0 Å². The van der Waals surface area contributed by atoms with E-state index in [9.17, 15) is 30.6 Å². The summed E-state index contributed by atoms with van der Waals surface area (Å²) in [5, 5.41) is 69.8. The van der Waals surface area contributed by atoms with E-state index >= 15 is 0 Å². The average molecular weight is 539 g/mol. The topological polar surface area (TPSA) is 188 Å². The molecule has 2 aromatic rings. The minimum atomic E-state index is -1.71. The highest BCUT2D eigenvalue weighted by Crippen LogP contribution is 2.37. The summed E-state index contributed by atoms with van der Waals surface area (Å²) < 4.78 is 28.2. The molecule has 0 aliphatic carbocycles. The van der Waals surface area contributed by atoms with E-state index in [0.717, 1.165) is 5.56 Å². The average Bonchev–Trinajstić information content (AvgIpc) is 2.94. The third-order valence-electron chi connectivity index (χ3n) is 6.06. The van der Waals surface area contributed by atoms with Crippen LogP contribution in [0.5, 0.6) is 23.0 Å². The standard InChI is InChI=1S/C26H34O12/c1-34-18-11-15(6-7-16(18)30)25(38-26-24(33)23(32)22(31)20(12-28)37-26)21(13-29)36-17-8-5-14(4-3-9-27)10-19(17)35-2/h3-8,10-11,20-33H,9,12-13H2,1-2H3. The largest absolute Gasteiger partial charge is 0.504 e. The molecule has 38 heavy (non-hydrogen) atoms. The minimum absolute atomic E-state index is 0.0965. The van der Waals surface area contributed by atoms with Crippen LogP contribution in [0.25, 0.3) is 6.08 Å². The maximum Gasteiger partial charge on any atom is 0.187 e. The number of aliphatic hydroxyl groups is 6. The molecule has 3 rings (SSSR count). The Labute approximate surface area is 219 Å². The van der Waals surface area contributed by atoms with Crippen LogP contribution in [-0.4, -0.2) is 107 Å². The highest BCUT2D eigenvalue weighted by Gasteiger charge is 2.46. The number of hydrogen-bond acceptors (Lipinski definition) is 12. The zero-order valence-electron chi connectivity index (χ0n) is 21.0. The fourth-order valence-corrected chi connectivity index (χ4v) is 4.01. The van der Waals surface area contributed by atoms with Gasteiger partial charge in [-0.05, 0) is 35.4 Å². The maximum atomic E-state index is 10.5. The van der Waals surface area contributed by atoms with E-state index < -0.39 is 56.1 Å². The Morgan fingerprint density at radius 2 is 1.63 bits per heavy atom. The van der Waals surface area contributed by atoms with Gasteiger partial charge in [0.15, 0.2) is 35.4 Å². The van der Waals surface area contributed by atoms with Crippen LogP contribution in [0.3, 0.4) is 0 Å². The van der Waals surface area contributed by atoms with Gasteiger partial charge in [0.2, 0.25) is 0 Å². The Morgan fingerprint density at radius 3 is 2.26 bits per heavy atom. The number of benzene rings is 2. The summed E-state index contributed by atoms with van der Waals surface area (Å²) in [5.74, 6) is 0.496. The Morgan fingerprint density at radius 1 is 0.895 bits per heavy atom. The molecule has 2 aromatic carbocycles. The van der Waals surface area contributed by atoms with Gasteiger partial charge in [0, 0.05) is 0 Å². The first-order valence-electron chi connectivity index (χ1n) is 11.8. The van der Waals surface area contributed by atoms with Crippen LogP contribution in [0.15, 0.2) is 42.5 Å². The number of phenolic OH excluding ortho intramolecular Hbond substituents is 1. The van der Waals surface area contributed by atoms with E-state index in [1.165, 1.54) is 32.4 Å². The van der Waals surface area contributed by atoms with Crippen LogP contribution < -0.4 is 14.2 Å². The van der Waals surface area contributed by atoms with E-state index in [-0.39, 0.29) is 23.9 Å². The van der Waals surface area contributed by atoms with Gasteiger partial charge in [-0.1, -0.05) is 24.3 Å². The summed E-state index contributed by atoms with van der Waals surface area (Å²) in [6.45, 7) is -1.39. The quantitative estimate of drug-likeness (QED) is 0.187. The number of hydrogen-bond donors (Lipinski definition) is 7. The van der Waals surface area contributed by atoms with E-state index in [2.05, 4.69) is 0 Å². The van der Waals surface area contributed by atoms with Crippen LogP contribution in [0.1, 0.15) is 17.2 Å². The molecule has 7 unspecified atom stereocenters. The molecule has 7 atom stereocenters. The third kappa shape index (κ3) is 6.73. The number of aromatic hydroxyl groups is 1. The molecule has 1 aliphatic rings. The zero-order chi connectivity index (χ0) is 27.8. The van der Waals surface area contributed by atoms with Gasteiger partial charge in [0.05, 0.1) is 34.0 Å². The predicted molar refractivity (Wildman–Crippen MR) is 133 cm³/mol. The fraction of sp³-hybridized carbons (Fsp3) is 0.462. The van der Waals surface area contributed by atoms with Crippen LogP contribution in [0, 0.1) is 0 Å². The van der Waals surface area contributed by atoms with Gasteiger partial charge in [0.1, 0.15) is 30.5 Å². The van der Waals surface area contributed by atoms with Crippen molar-refractivity contribution in [3.05, 3.63) is 53.6 Å². The Balaban J connectivity index is 1.98. The van der Waals surface area contributed by atoms with E-state index in [1.54, 1.807) is 30.4 Å². The second-order valence-corrected chi connectivity index (χ2v) is 8.52. The van der Waals surface area contributed by atoms with E-state index in [0.29, 0.717) is 11.3 Å². The molecule has 1 saturated heterocycles. The summed E-state index contributed by atoms with van der Waals surface area (Å²) in [4.78, 5) is 0.